The van der Waals surface area contributed by atoms with Crippen LogP contribution in [0.5, 0.6) is 0 Å². The van der Waals surface area contributed by atoms with E-state index < -0.39 is 30.1 Å². The van der Waals surface area contributed by atoms with Gasteiger partial charge in [-0.2, -0.15) is 0 Å². The van der Waals surface area contributed by atoms with Crippen LogP contribution in [0.2, 0.25) is 0 Å². The largest absolute Gasteiger partial charge is 0.463 e. The molecule has 9 nitrogen and oxygen atoms in total. The fourth-order valence-corrected chi connectivity index (χ4v) is 4.00. The van der Waals surface area contributed by atoms with Gasteiger partial charge in [0.1, 0.15) is 12.6 Å². The molecule has 2 aromatic carbocycles. The second-order valence-corrected chi connectivity index (χ2v) is 8.69. The zero-order chi connectivity index (χ0) is 26.5. The molecule has 1 heterocycles. The highest BCUT2D eigenvalue weighted by atomic mass is 16.5. The highest BCUT2D eigenvalue weighted by Gasteiger charge is 2.29. The van der Waals surface area contributed by atoms with Crippen molar-refractivity contribution in [3.8, 4) is 0 Å². The Labute approximate surface area is 216 Å². The minimum Gasteiger partial charge on any atom is -0.463 e. The summed E-state index contributed by atoms with van der Waals surface area (Å²) in [7, 11) is 0. The van der Waals surface area contributed by atoms with Gasteiger partial charge in [-0.1, -0.05) is 66.7 Å². The maximum absolute atomic E-state index is 13.4. The molecule has 1 fully saturated rings. The van der Waals surface area contributed by atoms with Gasteiger partial charge in [-0.3, -0.25) is 9.59 Å². The van der Waals surface area contributed by atoms with Crippen LogP contribution < -0.4 is 16.0 Å². The number of hydrogen-bond acceptors (Lipinski definition) is 6. The molecule has 3 N–H and O–H groups in total. The molecule has 9 heteroatoms. The van der Waals surface area contributed by atoms with E-state index in [0.717, 1.165) is 11.1 Å². The maximum atomic E-state index is 13.4. The van der Waals surface area contributed by atoms with Crippen LogP contribution in [-0.2, 0) is 36.9 Å². The molecule has 0 spiro atoms. The number of carbonyl (C=O) groups is 4. The van der Waals surface area contributed by atoms with Crippen LogP contribution in [0.3, 0.4) is 0 Å². The topological polar surface area (TPSA) is 123 Å². The summed E-state index contributed by atoms with van der Waals surface area (Å²) >= 11 is 0. The molecule has 3 rings (SSSR count). The van der Waals surface area contributed by atoms with E-state index in [9.17, 15) is 19.2 Å². The molecule has 0 saturated carbocycles. The van der Waals surface area contributed by atoms with E-state index in [-0.39, 0.29) is 31.5 Å². The quantitative estimate of drug-likeness (QED) is 0.300. The lowest BCUT2D eigenvalue weighted by atomic mass is 9.97. The van der Waals surface area contributed by atoms with Crippen LogP contribution in [0.25, 0.3) is 0 Å². The molecular weight excluding hydrogens is 474 g/mol. The van der Waals surface area contributed by atoms with E-state index in [4.69, 9.17) is 9.47 Å². The van der Waals surface area contributed by atoms with Crippen LogP contribution in [0, 0.1) is 5.92 Å². The van der Waals surface area contributed by atoms with Gasteiger partial charge >= 0.3 is 12.1 Å². The average Bonchev–Trinajstić information content (AvgIpc) is 3.31. The molecule has 3 amide bonds. The molecule has 1 saturated heterocycles. The minimum atomic E-state index is -0.943. The van der Waals surface area contributed by atoms with Crippen molar-refractivity contribution in [1.82, 2.24) is 16.0 Å². The third kappa shape index (κ3) is 9.44. The minimum absolute atomic E-state index is 0.0635. The fraction of sp³-hybridized carbons (Fsp3) is 0.357. The number of rotatable bonds is 12. The summed E-state index contributed by atoms with van der Waals surface area (Å²) in [5, 5.41) is 8.32. The van der Waals surface area contributed by atoms with Gasteiger partial charge in [-0.15, -0.1) is 0 Å². The zero-order valence-corrected chi connectivity index (χ0v) is 20.9. The first-order valence-corrected chi connectivity index (χ1v) is 12.4. The molecule has 0 aliphatic carbocycles. The molecule has 0 radical (unpaired) electrons. The molecular formula is C28H33N3O6. The molecule has 0 bridgehead atoms. The van der Waals surface area contributed by atoms with Gasteiger partial charge in [0.2, 0.25) is 11.8 Å². The van der Waals surface area contributed by atoms with Crippen LogP contribution >= 0.6 is 0 Å². The van der Waals surface area contributed by atoms with Gasteiger partial charge in [0, 0.05) is 31.0 Å². The van der Waals surface area contributed by atoms with Crippen molar-refractivity contribution in [2.75, 3.05) is 13.2 Å². The van der Waals surface area contributed by atoms with Crippen molar-refractivity contribution in [1.29, 1.82) is 0 Å². The van der Waals surface area contributed by atoms with E-state index in [1.54, 1.807) is 6.92 Å². The Kier molecular flexibility index (Phi) is 10.7. The number of esters is 1. The molecule has 1 aliphatic heterocycles. The lowest BCUT2D eigenvalue weighted by Gasteiger charge is -2.23. The van der Waals surface area contributed by atoms with E-state index in [1.807, 2.05) is 60.7 Å². The third-order valence-corrected chi connectivity index (χ3v) is 5.88. The number of nitrogens with one attached hydrogen (secondary N) is 3. The highest BCUT2D eigenvalue weighted by Crippen LogP contribution is 2.17. The first-order chi connectivity index (χ1) is 17.9. The van der Waals surface area contributed by atoms with Crippen molar-refractivity contribution in [3.63, 3.8) is 0 Å². The number of carbonyl (C=O) groups excluding carboxylic acids is 4. The van der Waals surface area contributed by atoms with Gasteiger partial charge in [0.25, 0.3) is 0 Å². The Balaban J connectivity index is 1.71. The maximum Gasteiger partial charge on any atom is 0.408 e. The normalized spacial score (nSPS) is 16.5. The van der Waals surface area contributed by atoms with E-state index in [0.29, 0.717) is 19.4 Å². The summed E-state index contributed by atoms with van der Waals surface area (Å²) in [6.45, 7) is 2.55. The monoisotopic (exact) mass is 507 g/mol. The summed E-state index contributed by atoms with van der Waals surface area (Å²) in [6.07, 6.45) is 3.21. The molecule has 196 valence electrons. The third-order valence-electron chi connectivity index (χ3n) is 5.88. The standard InChI is InChI=1S/C28H33N3O6/c1-2-36-25(32)14-13-23(18-22-15-16-29-26(22)33)30-27(34)24(17-20-9-5-3-6-10-20)31-28(35)37-19-21-11-7-4-8-12-21/h3-14,22-24H,2,15-19H2,1H3,(H,29,33)(H,30,34)(H,31,35). The number of ether oxygens (including phenoxy) is 2. The first kappa shape index (κ1) is 27.4. The molecule has 37 heavy (non-hydrogen) atoms. The van der Waals surface area contributed by atoms with Gasteiger partial charge in [0.15, 0.2) is 0 Å². The van der Waals surface area contributed by atoms with Crippen molar-refractivity contribution in [2.45, 2.75) is 44.9 Å². The van der Waals surface area contributed by atoms with Gasteiger partial charge in [-0.05, 0) is 30.9 Å². The Bertz CT molecular complexity index is 1070. The predicted molar refractivity (Wildman–Crippen MR) is 137 cm³/mol. The summed E-state index contributed by atoms with van der Waals surface area (Å²) in [5.41, 5.74) is 1.67. The second kappa shape index (κ2) is 14.4. The summed E-state index contributed by atoms with van der Waals surface area (Å²) in [4.78, 5) is 49.9. The Morgan fingerprint density at radius 1 is 1.00 bits per heavy atom. The SMILES string of the molecule is CCOC(=O)C=CC(CC1CCNC1=O)NC(=O)C(Cc1ccccc1)NC(=O)OCc1ccccc1. The van der Waals surface area contributed by atoms with Crippen molar-refractivity contribution in [2.24, 2.45) is 5.92 Å². The van der Waals surface area contributed by atoms with Gasteiger partial charge in [-0.25, -0.2) is 9.59 Å². The fourth-order valence-electron chi connectivity index (χ4n) is 4.00. The summed E-state index contributed by atoms with van der Waals surface area (Å²) in [5.74, 6) is -1.39. The summed E-state index contributed by atoms with van der Waals surface area (Å²) < 4.78 is 10.3. The number of benzene rings is 2. The van der Waals surface area contributed by atoms with Crippen LogP contribution in [0.1, 0.15) is 30.9 Å². The van der Waals surface area contributed by atoms with Crippen molar-refractivity contribution in [3.05, 3.63) is 83.9 Å². The Morgan fingerprint density at radius 3 is 2.30 bits per heavy atom. The molecule has 3 unspecified atom stereocenters. The summed E-state index contributed by atoms with van der Waals surface area (Å²) in [6, 6.07) is 16.9. The number of alkyl carbamates (subject to hydrolysis) is 1. The molecule has 2 aromatic rings. The predicted octanol–water partition coefficient (Wildman–Crippen LogP) is 2.65. The smallest absolute Gasteiger partial charge is 0.408 e. The molecule has 3 atom stereocenters. The molecule has 1 aliphatic rings. The van der Waals surface area contributed by atoms with Crippen LogP contribution in [-0.4, -0.2) is 49.1 Å². The van der Waals surface area contributed by atoms with Gasteiger partial charge < -0.3 is 25.4 Å². The Morgan fingerprint density at radius 2 is 1.68 bits per heavy atom. The van der Waals surface area contributed by atoms with E-state index in [2.05, 4.69) is 16.0 Å². The van der Waals surface area contributed by atoms with E-state index in [1.165, 1.54) is 12.2 Å². The Hall–Kier alpha value is -4.14. The van der Waals surface area contributed by atoms with Crippen molar-refractivity contribution >= 4 is 23.9 Å². The average molecular weight is 508 g/mol. The van der Waals surface area contributed by atoms with Crippen molar-refractivity contribution < 1.29 is 28.7 Å². The lowest BCUT2D eigenvalue weighted by Crippen LogP contribution is -2.51. The van der Waals surface area contributed by atoms with Crippen LogP contribution in [0.4, 0.5) is 4.79 Å². The van der Waals surface area contributed by atoms with Crippen LogP contribution in [0.15, 0.2) is 72.8 Å². The molecule has 0 aromatic heterocycles. The van der Waals surface area contributed by atoms with Gasteiger partial charge in [0.05, 0.1) is 6.61 Å². The second-order valence-electron chi connectivity index (χ2n) is 8.69. The zero-order valence-electron chi connectivity index (χ0n) is 20.9. The first-order valence-electron chi connectivity index (χ1n) is 12.4. The number of hydrogen-bond donors (Lipinski definition) is 3. The lowest BCUT2D eigenvalue weighted by molar-refractivity contribution is -0.137. The number of amides is 3. The highest BCUT2D eigenvalue weighted by molar-refractivity contribution is 5.87. The van der Waals surface area contributed by atoms with E-state index >= 15 is 0 Å².